The average molecular weight is 546 g/mol. The molecule has 0 atom stereocenters. The van der Waals surface area contributed by atoms with E-state index in [9.17, 15) is 9.59 Å². The Morgan fingerprint density at radius 3 is 2.57 bits per heavy atom. The second kappa shape index (κ2) is 11.9. The van der Waals surface area contributed by atoms with Crippen molar-refractivity contribution in [2.75, 3.05) is 45.8 Å². The summed E-state index contributed by atoms with van der Waals surface area (Å²) in [4.78, 5) is 37.8. The highest BCUT2D eigenvalue weighted by molar-refractivity contribution is 14.0. The number of hydrogen-bond acceptors (Lipinski definition) is 6. The summed E-state index contributed by atoms with van der Waals surface area (Å²) >= 11 is 1.34. The van der Waals surface area contributed by atoms with E-state index in [4.69, 9.17) is 4.42 Å². The summed E-state index contributed by atoms with van der Waals surface area (Å²) in [5.41, 5.74) is 2.41. The molecule has 3 heterocycles. The Kier molecular flexibility index (Phi) is 9.56. The Labute approximate surface area is 196 Å². The lowest BCUT2D eigenvalue weighted by Gasteiger charge is -2.36. The zero-order valence-electron chi connectivity index (χ0n) is 17.1. The van der Waals surface area contributed by atoms with E-state index in [1.807, 2.05) is 13.8 Å². The average Bonchev–Trinajstić information content (AvgIpc) is 3.41. The van der Waals surface area contributed by atoms with E-state index >= 15 is 0 Å². The number of thiazole rings is 1. The maximum absolute atomic E-state index is 12.4. The number of amides is 2. The van der Waals surface area contributed by atoms with Gasteiger partial charge in [-0.3, -0.25) is 14.6 Å². The molecule has 2 aromatic heterocycles. The molecule has 2 aromatic rings. The molecule has 164 valence electrons. The van der Waals surface area contributed by atoms with Crippen molar-refractivity contribution in [1.82, 2.24) is 25.4 Å². The lowest BCUT2D eigenvalue weighted by atomic mass is 10.3. The van der Waals surface area contributed by atoms with Crippen LogP contribution >= 0.6 is 35.3 Å². The third-order valence-corrected chi connectivity index (χ3v) is 5.47. The fourth-order valence-electron chi connectivity index (χ4n) is 3.03. The minimum atomic E-state index is -0.116. The molecule has 0 aromatic carbocycles. The van der Waals surface area contributed by atoms with Gasteiger partial charge in [-0.1, -0.05) is 0 Å². The molecular weight excluding hydrogens is 519 g/mol. The Bertz CT molecular complexity index is 846. The van der Waals surface area contributed by atoms with Crippen molar-refractivity contribution in [2.24, 2.45) is 4.99 Å². The third-order valence-electron chi connectivity index (χ3n) is 4.54. The fraction of sp³-hybridized carbons (Fsp3) is 0.474. The van der Waals surface area contributed by atoms with Gasteiger partial charge in [0.15, 0.2) is 11.7 Å². The van der Waals surface area contributed by atoms with E-state index < -0.39 is 0 Å². The Morgan fingerprint density at radius 2 is 1.97 bits per heavy atom. The summed E-state index contributed by atoms with van der Waals surface area (Å²) in [6.07, 6.45) is 1.51. The van der Waals surface area contributed by atoms with Crippen molar-refractivity contribution in [3.8, 4) is 0 Å². The van der Waals surface area contributed by atoms with Crippen LogP contribution in [0.3, 0.4) is 0 Å². The van der Waals surface area contributed by atoms with Gasteiger partial charge < -0.3 is 24.9 Å². The molecule has 9 nitrogen and oxygen atoms in total. The summed E-state index contributed by atoms with van der Waals surface area (Å²) in [5.74, 6) is 0.958. The van der Waals surface area contributed by atoms with Crippen LogP contribution in [-0.4, -0.2) is 78.4 Å². The second-order valence-corrected chi connectivity index (χ2v) is 7.37. The topological polar surface area (TPSA) is 103 Å². The summed E-state index contributed by atoms with van der Waals surface area (Å²) in [7, 11) is 0. The second-order valence-electron chi connectivity index (χ2n) is 6.52. The van der Waals surface area contributed by atoms with Crippen LogP contribution in [-0.2, 0) is 0 Å². The fourth-order valence-corrected chi connectivity index (χ4v) is 3.75. The molecule has 3 rings (SSSR count). The SMILES string of the molecule is CCNC(=NCCNC(=O)c1scnc1C)N1CCN(C(=O)c2ccco2)CC1.I. The lowest BCUT2D eigenvalue weighted by molar-refractivity contribution is 0.0657. The van der Waals surface area contributed by atoms with Crippen LogP contribution in [0.25, 0.3) is 0 Å². The molecule has 2 N–H and O–H groups in total. The van der Waals surface area contributed by atoms with Crippen LogP contribution in [0.5, 0.6) is 0 Å². The molecule has 0 aliphatic carbocycles. The maximum Gasteiger partial charge on any atom is 0.289 e. The van der Waals surface area contributed by atoms with E-state index in [0.29, 0.717) is 49.9 Å². The number of carbonyl (C=O) groups is 2. The Hall–Kier alpha value is -2.15. The number of halogens is 1. The number of aromatic nitrogens is 1. The molecule has 0 unspecified atom stereocenters. The number of rotatable bonds is 6. The van der Waals surface area contributed by atoms with Gasteiger partial charge in [-0.05, 0) is 26.0 Å². The molecule has 0 bridgehead atoms. The van der Waals surface area contributed by atoms with Gasteiger partial charge in [-0.2, -0.15) is 0 Å². The summed E-state index contributed by atoms with van der Waals surface area (Å²) in [5, 5.41) is 6.16. The van der Waals surface area contributed by atoms with Crippen molar-refractivity contribution < 1.29 is 14.0 Å². The number of aryl methyl sites for hydroxylation is 1. The molecule has 30 heavy (non-hydrogen) atoms. The zero-order chi connectivity index (χ0) is 20.6. The standard InChI is InChI=1S/C19H26N6O3S.HI/c1-3-20-19(22-7-6-21-17(26)16-14(2)23-13-29-16)25-10-8-24(9-11-25)18(27)15-5-4-12-28-15;/h4-5,12-13H,3,6-11H2,1-2H3,(H,20,22)(H,21,26);1H. The molecular formula is C19H27IN6O3S. The smallest absolute Gasteiger partial charge is 0.289 e. The van der Waals surface area contributed by atoms with Crippen molar-refractivity contribution in [1.29, 1.82) is 0 Å². The molecule has 2 amide bonds. The first-order valence-corrected chi connectivity index (χ1v) is 10.5. The van der Waals surface area contributed by atoms with E-state index in [-0.39, 0.29) is 35.8 Å². The van der Waals surface area contributed by atoms with Crippen molar-refractivity contribution >= 4 is 53.1 Å². The van der Waals surface area contributed by atoms with Gasteiger partial charge in [0, 0.05) is 39.3 Å². The highest BCUT2D eigenvalue weighted by Gasteiger charge is 2.25. The quantitative estimate of drug-likeness (QED) is 0.248. The summed E-state index contributed by atoms with van der Waals surface area (Å²) in [6.45, 7) is 8.08. The van der Waals surface area contributed by atoms with E-state index in [1.54, 1.807) is 22.5 Å². The van der Waals surface area contributed by atoms with E-state index in [2.05, 4.69) is 25.5 Å². The number of carbonyl (C=O) groups excluding carboxylic acids is 2. The summed E-state index contributed by atoms with van der Waals surface area (Å²) < 4.78 is 5.20. The number of guanidine groups is 1. The van der Waals surface area contributed by atoms with Crippen molar-refractivity contribution in [2.45, 2.75) is 13.8 Å². The lowest BCUT2D eigenvalue weighted by Crippen LogP contribution is -2.53. The first-order chi connectivity index (χ1) is 14.1. The van der Waals surface area contributed by atoms with Crippen molar-refractivity contribution in [3.63, 3.8) is 0 Å². The van der Waals surface area contributed by atoms with Crippen LogP contribution in [0.15, 0.2) is 33.3 Å². The number of hydrogen-bond donors (Lipinski definition) is 2. The largest absolute Gasteiger partial charge is 0.459 e. The van der Waals surface area contributed by atoms with Crippen LogP contribution in [0.2, 0.25) is 0 Å². The third kappa shape index (κ3) is 6.17. The van der Waals surface area contributed by atoms with Crippen molar-refractivity contribution in [3.05, 3.63) is 40.2 Å². The van der Waals surface area contributed by atoms with Gasteiger partial charge in [0.2, 0.25) is 0 Å². The molecule has 1 aliphatic heterocycles. The molecule has 0 saturated carbocycles. The van der Waals surface area contributed by atoms with Gasteiger partial charge in [0.05, 0.1) is 24.0 Å². The van der Waals surface area contributed by atoms with Crippen LogP contribution in [0, 0.1) is 6.92 Å². The molecule has 1 fully saturated rings. The molecule has 0 radical (unpaired) electrons. The Balaban J connectivity index is 0.00000320. The molecule has 1 aliphatic rings. The zero-order valence-corrected chi connectivity index (χ0v) is 20.2. The number of aliphatic imine (C=N–C) groups is 1. The Morgan fingerprint density at radius 1 is 1.23 bits per heavy atom. The van der Waals surface area contributed by atoms with Gasteiger partial charge >= 0.3 is 0 Å². The maximum atomic E-state index is 12.4. The number of nitrogens with zero attached hydrogens (tertiary/aromatic N) is 4. The predicted molar refractivity (Wildman–Crippen MR) is 127 cm³/mol. The minimum Gasteiger partial charge on any atom is -0.459 e. The van der Waals surface area contributed by atoms with Gasteiger partial charge in [0.1, 0.15) is 4.88 Å². The highest BCUT2D eigenvalue weighted by atomic mass is 127. The number of piperazine rings is 1. The molecule has 11 heteroatoms. The van der Waals surface area contributed by atoms with E-state index in [0.717, 1.165) is 18.2 Å². The van der Waals surface area contributed by atoms with Crippen LogP contribution < -0.4 is 10.6 Å². The predicted octanol–water partition coefficient (Wildman–Crippen LogP) is 1.82. The monoisotopic (exact) mass is 546 g/mol. The van der Waals surface area contributed by atoms with Crippen LogP contribution in [0.1, 0.15) is 32.8 Å². The van der Waals surface area contributed by atoms with Gasteiger partial charge in [-0.25, -0.2) is 4.98 Å². The number of furan rings is 1. The molecule has 0 spiro atoms. The summed E-state index contributed by atoms with van der Waals surface area (Å²) in [6, 6.07) is 3.40. The van der Waals surface area contributed by atoms with Gasteiger partial charge in [0.25, 0.3) is 11.8 Å². The minimum absolute atomic E-state index is 0. The first kappa shape index (κ1) is 24.1. The highest BCUT2D eigenvalue weighted by Crippen LogP contribution is 2.11. The number of nitrogens with one attached hydrogen (secondary N) is 2. The van der Waals surface area contributed by atoms with E-state index in [1.165, 1.54) is 17.6 Å². The molecule has 1 saturated heterocycles. The first-order valence-electron chi connectivity index (χ1n) is 9.64. The normalized spacial score (nSPS) is 14.3. The van der Waals surface area contributed by atoms with Crippen LogP contribution in [0.4, 0.5) is 0 Å². The van der Waals surface area contributed by atoms with Gasteiger partial charge in [-0.15, -0.1) is 35.3 Å².